The smallest absolute Gasteiger partial charge is 0.0882 e. The number of H-pyrrole nitrogens is 1. The van der Waals surface area contributed by atoms with Crippen molar-refractivity contribution >= 4 is 22.3 Å². The molecule has 0 spiro atoms. The van der Waals surface area contributed by atoms with Crippen LogP contribution in [-0.2, 0) is 0 Å². The molecule has 76 valence electrons. The second-order valence-electron chi connectivity index (χ2n) is 4.10. The van der Waals surface area contributed by atoms with Gasteiger partial charge in [0, 0.05) is 22.8 Å². The Bertz CT molecular complexity index is 500. The average molecular weight is 198 g/mol. The highest BCUT2D eigenvalue weighted by Gasteiger charge is 2.09. The lowest BCUT2D eigenvalue weighted by Crippen LogP contribution is -1.85. The first-order chi connectivity index (χ1) is 7.43. The minimum atomic E-state index is 1.10. The van der Waals surface area contributed by atoms with Gasteiger partial charge in [-0.2, -0.15) is 0 Å². The summed E-state index contributed by atoms with van der Waals surface area (Å²) < 4.78 is 0. The molecule has 0 bridgehead atoms. The van der Waals surface area contributed by atoms with Gasteiger partial charge in [0.1, 0.15) is 0 Å². The fourth-order valence-corrected chi connectivity index (χ4v) is 2.21. The third kappa shape index (κ3) is 1.56. The second kappa shape index (κ2) is 3.54. The van der Waals surface area contributed by atoms with Gasteiger partial charge in [0.05, 0.1) is 5.69 Å². The van der Waals surface area contributed by atoms with E-state index in [9.17, 15) is 0 Å². The lowest BCUT2D eigenvalue weighted by Gasteiger charge is -1.94. The fraction of sp³-hybridized carbons (Fsp3) is 0.308. The largest absolute Gasteiger partial charge is 0.359 e. The van der Waals surface area contributed by atoms with Crippen molar-refractivity contribution in [1.29, 1.82) is 0 Å². The molecule has 2 aromatic rings. The molecule has 2 nitrogen and oxygen atoms in total. The van der Waals surface area contributed by atoms with E-state index in [0.29, 0.717) is 0 Å². The van der Waals surface area contributed by atoms with Crippen LogP contribution in [0, 0.1) is 0 Å². The summed E-state index contributed by atoms with van der Waals surface area (Å²) in [4.78, 5) is 7.99. The summed E-state index contributed by atoms with van der Waals surface area (Å²) in [7, 11) is 0. The number of aromatic amines is 1. The third-order valence-corrected chi connectivity index (χ3v) is 3.03. The van der Waals surface area contributed by atoms with Crippen LogP contribution in [0.4, 0.5) is 5.69 Å². The van der Waals surface area contributed by atoms with Crippen molar-refractivity contribution in [3.05, 3.63) is 30.5 Å². The standard InChI is InChI=1S/C13H14N2/c1-2-6-10(5-1)15-13-9-14-12-8-4-3-7-11(12)13/h3-4,7-9,14H,1-2,5-6H2. The van der Waals surface area contributed by atoms with Gasteiger partial charge in [-0.1, -0.05) is 18.2 Å². The highest BCUT2D eigenvalue weighted by molar-refractivity contribution is 5.96. The number of benzene rings is 1. The normalized spacial score (nSPS) is 16.1. The summed E-state index contributed by atoms with van der Waals surface area (Å²) in [5.74, 6) is 0. The van der Waals surface area contributed by atoms with Gasteiger partial charge in [-0.25, -0.2) is 0 Å². The second-order valence-corrected chi connectivity index (χ2v) is 4.10. The number of hydrogen-bond acceptors (Lipinski definition) is 1. The zero-order valence-electron chi connectivity index (χ0n) is 8.66. The molecule has 2 heteroatoms. The molecule has 0 aliphatic heterocycles. The predicted octanol–water partition coefficient (Wildman–Crippen LogP) is 3.81. The Morgan fingerprint density at radius 3 is 2.73 bits per heavy atom. The molecule has 1 saturated carbocycles. The molecule has 1 aliphatic carbocycles. The molecule has 1 aromatic heterocycles. The number of hydrogen-bond donors (Lipinski definition) is 1. The summed E-state index contributed by atoms with van der Waals surface area (Å²) in [5.41, 5.74) is 3.64. The van der Waals surface area contributed by atoms with E-state index in [1.807, 2.05) is 12.3 Å². The summed E-state index contributed by atoms with van der Waals surface area (Å²) in [6.07, 6.45) is 6.98. The average Bonchev–Trinajstić information content (AvgIpc) is 2.89. The molecule has 15 heavy (non-hydrogen) atoms. The van der Waals surface area contributed by atoms with Crippen LogP contribution in [-0.4, -0.2) is 10.7 Å². The highest BCUT2D eigenvalue weighted by atomic mass is 14.8. The Morgan fingerprint density at radius 1 is 1.07 bits per heavy atom. The Hall–Kier alpha value is -1.57. The van der Waals surface area contributed by atoms with Crippen LogP contribution in [0.1, 0.15) is 25.7 Å². The maximum absolute atomic E-state index is 4.73. The van der Waals surface area contributed by atoms with Crippen molar-refractivity contribution in [2.75, 3.05) is 0 Å². The Balaban J connectivity index is 2.07. The maximum atomic E-state index is 4.73. The van der Waals surface area contributed by atoms with Gasteiger partial charge in [-0.3, -0.25) is 4.99 Å². The molecule has 3 rings (SSSR count). The molecule has 1 heterocycles. The first kappa shape index (κ1) is 8.72. The number of nitrogens with one attached hydrogen (secondary N) is 1. The van der Waals surface area contributed by atoms with Crippen molar-refractivity contribution in [1.82, 2.24) is 4.98 Å². The maximum Gasteiger partial charge on any atom is 0.0882 e. The Kier molecular flexibility index (Phi) is 2.05. The summed E-state index contributed by atoms with van der Waals surface area (Å²) in [5, 5.41) is 1.23. The van der Waals surface area contributed by atoms with E-state index in [0.717, 1.165) is 5.69 Å². The first-order valence-electron chi connectivity index (χ1n) is 5.56. The van der Waals surface area contributed by atoms with Gasteiger partial charge in [-0.15, -0.1) is 0 Å². The van der Waals surface area contributed by atoms with Crippen molar-refractivity contribution < 1.29 is 0 Å². The summed E-state index contributed by atoms with van der Waals surface area (Å²) in [6, 6.07) is 8.33. The molecule has 1 fully saturated rings. The third-order valence-electron chi connectivity index (χ3n) is 3.03. The topological polar surface area (TPSA) is 28.1 Å². The molecular weight excluding hydrogens is 184 g/mol. The summed E-state index contributed by atoms with van der Waals surface area (Å²) >= 11 is 0. The van der Waals surface area contributed by atoms with Gasteiger partial charge < -0.3 is 4.98 Å². The van der Waals surface area contributed by atoms with E-state index in [-0.39, 0.29) is 0 Å². The number of fused-ring (bicyclic) bond motifs is 1. The molecule has 0 atom stereocenters. The van der Waals surface area contributed by atoms with Gasteiger partial charge in [0.2, 0.25) is 0 Å². The number of aromatic nitrogens is 1. The van der Waals surface area contributed by atoms with Crippen molar-refractivity contribution in [3.8, 4) is 0 Å². The molecule has 0 amide bonds. The molecule has 1 aromatic carbocycles. The Morgan fingerprint density at radius 2 is 1.87 bits per heavy atom. The van der Waals surface area contributed by atoms with E-state index in [4.69, 9.17) is 4.99 Å². The van der Waals surface area contributed by atoms with Gasteiger partial charge >= 0.3 is 0 Å². The van der Waals surface area contributed by atoms with E-state index < -0.39 is 0 Å². The molecular formula is C13H14N2. The molecule has 0 unspecified atom stereocenters. The monoisotopic (exact) mass is 198 g/mol. The fourth-order valence-electron chi connectivity index (χ4n) is 2.21. The van der Waals surface area contributed by atoms with E-state index >= 15 is 0 Å². The highest BCUT2D eigenvalue weighted by Crippen LogP contribution is 2.27. The number of rotatable bonds is 1. The van der Waals surface area contributed by atoms with Gasteiger partial charge in [-0.05, 0) is 31.7 Å². The minimum Gasteiger partial charge on any atom is -0.359 e. The zero-order valence-corrected chi connectivity index (χ0v) is 8.66. The van der Waals surface area contributed by atoms with E-state index in [1.165, 1.54) is 42.3 Å². The number of aliphatic imine (C=N–C) groups is 1. The quantitative estimate of drug-likeness (QED) is 0.721. The van der Waals surface area contributed by atoms with Crippen molar-refractivity contribution in [2.45, 2.75) is 25.7 Å². The van der Waals surface area contributed by atoms with Crippen LogP contribution in [0.2, 0.25) is 0 Å². The number of para-hydroxylation sites is 1. The number of nitrogens with zero attached hydrogens (tertiary/aromatic N) is 1. The van der Waals surface area contributed by atoms with Gasteiger partial charge in [0.25, 0.3) is 0 Å². The van der Waals surface area contributed by atoms with Crippen LogP contribution in [0.15, 0.2) is 35.5 Å². The van der Waals surface area contributed by atoms with Crippen LogP contribution >= 0.6 is 0 Å². The van der Waals surface area contributed by atoms with Crippen molar-refractivity contribution in [2.24, 2.45) is 4.99 Å². The lowest BCUT2D eigenvalue weighted by molar-refractivity contribution is 0.886. The molecule has 1 aliphatic rings. The molecule has 0 radical (unpaired) electrons. The van der Waals surface area contributed by atoms with Crippen LogP contribution < -0.4 is 0 Å². The SMILES string of the molecule is c1ccc2c(N=C3CCCC3)c[nH]c2c1. The minimum absolute atomic E-state index is 1.10. The lowest BCUT2D eigenvalue weighted by atomic mass is 10.2. The first-order valence-corrected chi connectivity index (χ1v) is 5.56. The summed E-state index contributed by atoms with van der Waals surface area (Å²) in [6.45, 7) is 0. The van der Waals surface area contributed by atoms with Crippen LogP contribution in [0.25, 0.3) is 10.9 Å². The van der Waals surface area contributed by atoms with Gasteiger partial charge in [0.15, 0.2) is 0 Å². The van der Waals surface area contributed by atoms with Crippen LogP contribution in [0.5, 0.6) is 0 Å². The zero-order chi connectivity index (χ0) is 10.1. The van der Waals surface area contributed by atoms with Crippen LogP contribution in [0.3, 0.4) is 0 Å². The van der Waals surface area contributed by atoms with E-state index in [1.54, 1.807) is 0 Å². The van der Waals surface area contributed by atoms with Crippen molar-refractivity contribution in [3.63, 3.8) is 0 Å². The Labute approximate surface area is 89.0 Å². The molecule has 0 saturated heterocycles. The van der Waals surface area contributed by atoms with E-state index in [2.05, 4.69) is 23.2 Å². The molecule has 1 N–H and O–H groups in total. The predicted molar refractivity (Wildman–Crippen MR) is 63.9 cm³/mol.